The quantitative estimate of drug-likeness (QED) is 0.173. The summed E-state index contributed by atoms with van der Waals surface area (Å²) in [7, 11) is 0. The molecule has 0 fully saturated rings. The Hall–Kier alpha value is -2.40. The highest BCUT2D eigenvalue weighted by Crippen LogP contribution is 2.34. The van der Waals surface area contributed by atoms with E-state index >= 15 is 0 Å². The maximum Gasteiger partial charge on any atom is 0.261 e. The van der Waals surface area contributed by atoms with Crippen LogP contribution in [0, 0.1) is 0 Å². The number of hydrogen-bond donors (Lipinski definition) is 2. The monoisotopic (exact) mass is 480 g/mol. The smallest absolute Gasteiger partial charge is 0.261 e. The second-order valence-electron chi connectivity index (χ2n) is 9.90. The first kappa shape index (κ1) is 27.2. The molecule has 2 amide bonds. The molecule has 0 unspecified atom stereocenters. The molecule has 0 saturated heterocycles. The molecule has 5 heteroatoms. The van der Waals surface area contributed by atoms with Crippen LogP contribution in [0.25, 0.3) is 10.8 Å². The Labute approximate surface area is 211 Å². The molecule has 3 rings (SSSR count). The van der Waals surface area contributed by atoms with E-state index in [0.717, 1.165) is 29.3 Å². The number of benzene rings is 2. The average Bonchev–Trinajstić information content (AvgIpc) is 2.88. The maximum absolute atomic E-state index is 13.1. The van der Waals surface area contributed by atoms with Crippen LogP contribution in [0.5, 0.6) is 0 Å². The van der Waals surface area contributed by atoms with E-state index in [9.17, 15) is 9.59 Å². The fourth-order valence-corrected chi connectivity index (χ4v) is 5.16. The van der Waals surface area contributed by atoms with Gasteiger partial charge in [0.15, 0.2) is 0 Å². The van der Waals surface area contributed by atoms with Crippen molar-refractivity contribution in [3.8, 4) is 0 Å². The molecule has 0 aliphatic carbocycles. The first-order valence-corrected chi connectivity index (χ1v) is 14.0. The third kappa shape index (κ3) is 7.54. The molecule has 0 saturated carbocycles. The van der Waals surface area contributed by atoms with Gasteiger partial charge >= 0.3 is 0 Å². The van der Waals surface area contributed by atoms with Gasteiger partial charge in [-0.05, 0) is 24.6 Å². The normalized spacial score (nSPS) is 13.1. The van der Waals surface area contributed by atoms with E-state index in [1.54, 1.807) is 6.07 Å². The number of anilines is 1. The zero-order valence-electron chi connectivity index (χ0n) is 21.6. The van der Waals surface area contributed by atoms with Crippen molar-refractivity contribution in [1.29, 1.82) is 0 Å². The van der Waals surface area contributed by atoms with E-state index in [4.69, 9.17) is 5.11 Å². The zero-order chi connectivity index (χ0) is 24.9. The predicted octanol–water partition coefficient (Wildman–Crippen LogP) is 7.32. The van der Waals surface area contributed by atoms with Crippen LogP contribution < -0.4 is 5.32 Å². The summed E-state index contributed by atoms with van der Waals surface area (Å²) in [5, 5.41) is 13.9. The number of amides is 2. The van der Waals surface area contributed by atoms with E-state index < -0.39 is 0 Å². The van der Waals surface area contributed by atoms with Crippen molar-refractivity contribution in [2.45, 2.75) is 96.8 Å². The number of carbonyl (C=O) groups excluding carboxylic acids is 2. The first-order chi connectivity index (χ1) is 17.2. The van der Waals surface area contributed by atoms with Gasteiger partial charge in [-0.3, -0.25) is 14.5 Å². The number of rotatable bonds is 18. The van der Waals surface area contributed by atoms with E-state index in [0.29, 0.717) is 24.2 Å². The van der Waals surface area contributed by atoms with Crippen molar-refractivity contribution >= 4 is 28.3 Å². The van der Waals surface area contributed by atoms with E-state index in [1.807, 2.05) is 24.3 Å². The highest BCUT2D eigenvalue weighted by atomic mass is 16.3. The molecule has 0 atom stereocenters. The van der Waals surface area contributed by atoms with Gasteiger partial charge in [0.25, 0.3) is 11.8 Å². The fraction of sp³-hybridized carbons (Fsp3) is 0.600. The van der Waals surface area contributed by atoms with Crippen LogP contribution in [-0.4, -0.2) is 41.5 Å². The number of nitrogens with zero attached hydrogens (tertiary/aromatic N) is 1. The lowest BCUT2D eigenvalue weighted by Gasteiger charge is -2.28. The summed E-state index contributed by atoms with van der Waals surface area (Å²) in [5.74, 6) is -0.385. The number of carbonyl (C=O) groups is 2. The van der Waals surface area contributed by atoms with Crippen molar-refractivity contribution in [2.24, 2.45) is 0 Å². The molecular weight excluding hydrogens is 436 g/mol. The highest BCUT2D eigenvalue weighted by molar-refractivity contribution is 6.26. The largest absolute Gasteiger partial charge is 0.395 e. The molecule has 35 heavy (non-hydrogen) atoms. The van der Waals surface area contributed by atoms with Gasteiger partial charge in [0, 0.05) is 40.7 Å². The minimum atomic E-state index is -0.192. The minimum Gasteiger partial charge on any atom is -0.395 e. The Balaban J connectivity index is 1.38. The van der Waals surface area contributed by atoms with Gasteiger partial charge in [-0.15, -0.1) is 0 Å². The summed E-state index contributed by atoms with van der Waals surface area (Å²) < 4.78 is 0. The molecule has 0 radical (unpaired) electrons. The second kappa shape index (κ2) is 14.9. The molecule has 5 nitrogen and oxygen atoms in total. The summed E-state index contributed by atoms with van der Waals surface area (Å²) in [6.45, 7) is 3.19. The third-order valence-corrected chi connectivity index (χ3v) is 7.15. The molecule has 1 aliphatic heterocycles. The standard InChI is InChI=1S/C30H44N2O3/c1-2-3-4-5-6-7-8-9-10-11-12-13-14-15-22-32-29(34)25-18-16-17-24-27(31-21-23-33)20-19-26(28(24)25)30(32)35/h16-20,31,33H,2-15,21-23H2,1H3. The van der Waals surface area contributed by atoms with Gasteiger partial charge < -0.3 is 10.4 Å². The number of unbranched alkanes of at least 4 members (excludes halogenated alkanes) is 13. The van der Waals surface area contributed by atoms with Gasteiger partial charge in [0.05, 0.1) is 6.61 Å². The van der Waals surface area contributed by atoms with Crippen molar-refractivity contribution in [2.75, 3.05) is 25.0 Å². The first-order valence-electron chi connectivity index (χ1n) is 14.0. The van der Waals surface area contributed by atoms with Gasteiger partial charge in [0.1, 0.15) is 0 Å². The molecule has 192 valence electrons. The third-order valence-electron chi connectivity index (χ3n) is 7.15. The second-order valence-corrected chi connectivity index (χ2v) is 9.90. The van der Waals surface area contributed by atoms with Crippen LogP contribution in [0.3, 0.4) is 0 Å². The van der Waals surface area contributed by atoms with Crippen LogP contribution >= 0.6 is 0 Å². The van der Waals surface area contributed by atoms with Crippen molar-refractivity contribution in [1.82, 2.24) is 4.90 Å². The molecule has 1 aliphatic rings. The Morgan fingerprint density at radius 3 is 1.83 bits per heavy atom. The number of nitrogens with one attached hydrogen (secondary N) is 1. The lowest BCUT2D eigenvalue weighted by Crippen LogP contribution is -2.40. The average molecular weight is 481 g/mol. The lowest BCUT2D eigenvalue weighted by atomic mass is 9.92. The van der Waals surface area contributed by atoms with Crippen molar-refractivity contribution in [3.63, 3.8) is 0 Å². The maximum atomic E-state index is 13.1. The highest BCUT2D eigenvalue weighted by Gasteiger charge is 2.32. The van der Waals surface area contributed by atoms with Gasteiger partial charge in [-0.25, -0.2) is 0 Å². The Bertz CT molecular complexity index is 934. The topological polar surface area (TPSA) is 69.6 Å². The molecule has 1 heterocycles. The number of aliphatic hydroxyl groups is 1. The predicted molar refractivity (Wildman–Crippen MR) is 145 cm³/mol. The van der Waals surface area contributed by atoms with Gasteiger partial charge in [-0.2, -0.15) is 0 Å². The van der Waals surface area contributed by atoms with Gasteiger partial charge in [-0.1, -0.05) is 103 Å². The summed E-state index contributed by atoms with van der Waals surface area (Å²) in [4.78, 5) is 27.7. The molecular formula is C30H44N2O3. The van der Waals surface area contributed by atoms with Crippen LogP contribution in [-0.2, 0) is 0 Å². The summed E-state index contributed by atoms with van der Waals surface area (Å²) in [5.41, 5.74) is 2.02. The number of imide groups is 1. The van der Waals surface area contributed by atoms with Crippen LogP contribution in [0.4, 0.5) is 5.69 Å². The van der Waals surface area contributed by atoms with Crippen molar-refractivity contribution in [3.05, 3.63) is 41.5 Å². The molecule has 0 spiro atoms. The van der Waals surface area contributed by atoms with E-state index in [-0.39, 0.29) is 18.4 Å². The summed E-state index contributed by atoms with van der Waals surface area (Å²) in [6.07, 6.45) is 18.0. The number of hydrogen-bond acceptors (Lipinski definition) is 4. The Morgan fingerprint density at radius 2 is 1.26 bits per heavy atom. The van der Waals surface area contributed by atoms with Gasteiger partial charge in [0.2, 0.25) is 0 Å². The van der Waals surface area contributed by atoms with E-state index in [2.05, 4.69) is 12.2 Å². The SMILES string of the molecule is CCCCCCCCCCCCCCCCN1C(=O)c2cccc3c(NCCO)ccc(c23)C1=O. The Kier molecular flexibility index (Phi) is 11.6. The molecule has 2 aromatic rings. The molecule has 2 aromatic carbocycles. The summed E-state index contributed by atoms with van der Waals surface area (Å²) >= 11 is 0. The van der Waals surface area contributed by atoms with E-state index in [1.165, 1.54) is 81.9 Å². The Morgan fingerprint density at radius 1 is 0.714 bits per heavy atom. The zero-order valence-corrected chi connectivity index (χ0v) is 21.6. The lowest BCUT2D eigenvalue weighted by molar-refractivity contribution is 0.0607. The van der Waals surface area contributed by atoms with Crippen LogP contribution in [0.15, 0.2) is 30.3 Å². The summed E-state index contributed by atoms with van der Waals surface area (Å²) in [6, 6.07) is 9.28. The number of aliphatic hydroxyl groups excluding tert-OH is 1. The van der Waals surface area contributed by atoms with Crippen LogP contribution in [0.2, 0.25) is 0 Å². The molecule has 0 aromatic heterocycles. The van der Waals surface area contributed by atoms with Crippen LogP contribution in [0.1, 0.15) is 118 Å². The molecule has 2 N–H and O–H groups in total. The van der Waals surface area contributed by atoms with Crippen molar-refractivity contribution < 1.29 is 14.7 Å². The molecule has 0 bridgehead atoms. The minimum absolute atomic E-state index is 0.0216. The fourth-order valence-electron chi connectivity index (χ4n) is 5.16.